The Balaban J connectivity index is 2.08. The number of hydrogen-bond acceptors (Lipinski definition) is 10. The number of aromatic hydroxyl groups is 1. The van der Waals surface area contributed by atoms with Gasteiger partial charge in [0.15, 0.2) is 5.78 Å². The molecule has 0 fully saturated rings. The lowest BCUT2D eigenvalue weighted by Gasteiger charge is -2.20. The van der Waals surface area contributed by atoms with E-state index in [2.05, 4.69) is 10.6 Å². The highest BCUT2D eigenvalue weighted by atomic mass is 16.5. The van der Waals surface area contributed by atoms with Crippen LogP contribution < -0.4 is 38.3 Å². The Morgan fingerprint density at radius 1 is 0.900 bits per heavy atom. The van der Waals surface area contributed by atoms with Crippen molar-refractivity contribution in [2.45, 2.75) is 56.8 Å². The Hall–Kier alpha value is -4.33. The van der Waals surface area contributed by atoms with Gasteiger partial charge in [-0.1, -0.05) is 12.1 Å². The number of rotatable bonds is 15. The minimum Gasteiger partial charge on any atom is -0.508 e. The van der Waals surface area contributed by atoms with Gasteiger partial charge in [-0.05, 0) is 74.7 Å². The lowest BCUT2D eigenvalue weighted by atomic mass is 9.98. The summed E-state index contributed by atoms with van der Waals surface area (Å²) in [5.74, 6) is -3.23. The molecule has 0 unspecified atom stereocenters. The van der Waals surface area contributed by atoms with Crippen LogP contribution in [0.1, 0.15) is 42.1 Å². The van der Waals surface area contributed by atoms with Gasteiger partial charge in [0.2, 0.25) is 17.7 Å². The highest BCUT2D eigenvalue weighted by Crippen LogP contribution is 2.17. The lowest BCUT2D eigenvalue weighted by molar-refractivity contribution is -0.141. The van der Waals surface area contributed by atoms with Crippen molar-refractivity contribution in [2.24, 2.45) is 22.9 Å². The molecule has 2 aromatic carbocycles. The topological polar surface area (TPSA) is 243 Å². The van der Waals surface area contributed by atoms with E-state index in [0.717, 1.165) is 5.56 Å². The molecule has 0 aliphatic heterocycles. The maximum atomic E-state index is 13.2. The fraction of sp³-hybridized carbons (Fsp3) is 0.370. The minimum atomic E-state index is -1.35. The van der Waals surface area contributed by atoms with Crippen molar-refractivity contribution in [1.29, 1.82) is 0 Å². The number of esters is 1. The summed E-state index contributed by atoms with van der Waals surface area (Å²) in [4.78, 5) is 61.7. The Labute approximate surface area is 231 Å². The van der Waals surface area contributed by atoms with E-state index in [1.807, 2.05) is 0 Å². The highest BCUT2D eigenvalue weighted by molar-refractivity contribution is 6.02. The average molecular weight is 557 g/mol. The Morgan fingerprint density at radius 2 is 1.50 bits per heavy atom. The van der Waals surface area contributed by atoms with Crippen molar-refractivity contribution in [1.82, 2.24) is 10.6 Å². The van der Waals surface area contributed by atoms with Gasteiger partial charge >= 0.3 is 5.97 Å². The van der Waals surface area contributed by atoms with Crippen LogP contribution >= 0.6 is 0 Å². The lowest BCUT2D eigenvalue weighted by Crippen LogP contribution is -2.50. The molecular formula is C27H36N6O7. The van der Waals surface area contributed by atoms with Crippen LogP contribution in [0.5, 0.6) is 11.5 Å². The van der Waals surface area contributed by atoms with Crippen LogP contribution in [0.15, 0.2) is 48.5 Å². The Morgan fingerprint density at radius 3 is 2.05 bits per heavy atom. The van der Waals surface area contributed by atoms with Crippen LogP contribution in [0.3, 0.4) is 0 Å². The number of primary amides is 1. The molecule has 13 heteroatoms. The smallest absolute Gasteiger partial charge is 0.334 e. The van der Waals surface area contributed by atoms with Crippen LogP contribution in [0.2, 0.25) is 0 Å². The third-order valence-corrected chi connectivity index (χ3v) is 5.84. The molecule has 40 heavy (non-hydrogen) atoms. The first-order valence-corrected chi connectivity index (χ1v) is 12.7. The van der Waals surface area contributed by atoms with Crippen molar-refractivity contribution in [3.63, 3.8) is 0 Å². The molecule has 13 nitrogen and oxygen atoms in total. The molecule has 4 atom stereocenters. The number of phenols is 1. The van der Waals surface area contributed by atoms with Gasteiger partial charge in [-0.3, -0.25) is 19.2 Å². The third-order valence-electron chi connectivity index (χ3n) is 5.84. The van der Waals surface area contributed by atoms with E-state index in [9.17, 15) is 29.1 Å². The number of amides is 3. The molecule has 11 N–H and O–H groups in total. The summed E-state index contributed by atoms with van der Waals surface area (Å²) in [5, 5.41) is 14.4. The summed E-state index contributed by atoms with van der Waals surface area (Å²) >= 11 is 0. The number of phenolic OH excluding ortho intramolecular Hbond substituents is 1. The maximum Gasteiger partial charge on any atom is 0.334 e. The van der Waals surface area contributed by atoms with Crippen molar-refractivity contribution in [2.75, 3.05) is 6.54 Å². The molecule has 0 saturated carbocycles. The van der Waals surface area contributed by atoms with E-state index in [-0.39, 0.29) is 29.9 Å². The van der Waals surface area contributed by atoms with Gasteiger partial charge in [-0.25, -0.2) is 4.79 Å². The summed E-state index contributed by atoms with van der Waals surface area (Å²) in [7, 11) is 0. The first-order chi connectivity index (χ1) is 18.9. The number of carbonyl (C=O) groups is 5. The molecule has 2 rings (SSSR count). The predicted molar refractivity (Wildman–Crippen MR) is 146 cm³/mol. The van der Waals surface area contributed by atoms with E-state index in [4.69, 9.17) is 27.7 Å². The van der Waals surface area contributed by atoms with E-state index in [0.29, 0.717) is 13.0 Å². The molecule has 216 valence electrons. The second-order valence-electron chi connectivity index (χ2n) is 9.30. The summed E-state index contributed by atoms with van der Waals surface area (Å²) in [5.41, 5.74) is 23.3. The molecule has 0 aliphatic carbocycles. The third kappa shape index (κ3) is 10.1. The quantitative estimate of drug-likeness (QED) is 0.0799. The number of nitrogens with one attached hydrogen (secondary N) is 2. The summed E-state index contributed by atoms with van der Waals surface area (Å²) in [6.07, 6.45) is 0.447. The fourth-order valence-electron chi connectivity index (χ4n) is 3.62. The molecular weight excluding hydrogens is 520 g/mol. The summed E-state index contributed by atoms with van der Waals surface area (Å²) in [6, 6.07) is 7.70. The molecule has 0 spiro atoms. The number of carbonyl (C=O) groups excluding carboxylic acids is 5. The van der Waals surface area contributed by atoms with E-state index in [1.165, 1.54) is 43.3 Å². The van der Waals surface area contributed by atoms with Gasteiger partial charge in [-0.15, -0.1) is 0 Å². The van der Waals surface area contributed by atoms with Crippen LogP contribution in [-0.4, -0.2) is 65.3 Å². The summed E-state index contributed by atoms with van der Waals surface area (Å²) < 4.78 is 5.25. The van der Waals surface area contributed by atoms with Gasteiger partial charge < -0.3 is 43.4 Å². The van der Waals surface area contributed by atoms with Crippen LogP contribution in [0, 0.1) is 0 Å². The molecule has 0 bridgehead atoms. The van der Waals surface area contributed by atoms with Crippen molar-refractivity contribution < 1.29 is 33.8 Å². The first-order valence-electron chi connectivity index (χ1n) is 12.7. The van der Waals surface area contributed by atoms with Gasteiger partial charge in [0.25, 0.3) is 0 Å². The minimum absolute atomic E-state index is 0.0459. The van der Waals surface area contributed by atoms with E-state index in [1.54, 1.807) is 12.1 Å². The molecule has 0 heterocycles. The number of ketones is 1. The van der Waals surface area contributed by atoms with E-state index < -0.39 is 60.1 Å². The molecule has 0 saturated heterocycles. The van der Waals surface area contributed by atoms with E-state index >= 15 is 0 Å². The monoisotopic (exact) mass is 556 g/mol. The molecule has 0 aliphatic rings. The van der Waals surface area contributed by atoms with Crippen molar-refractivity contribution in [3.8, 4) is 11.5 Å². The summed E-state index contributed by atoms with van der Waals surface area (Å²) in [6.45, 7) is 1.71. The van der Waals surface area contributed by atoms with Gasteiger partial charge in [0, 0.05) is 5.56 Å². The van der Waals surface area contributed by atoms with Gasteiger partial charge in [0.1, 0.15) is 17.5 Å². The van der Waals surface area contributed by atoms with Gasteiger partial charge in [-0.2, -0.15) is 0 Å². The molecule has 2 aromatic rings. The van der Waals surface area contributed by atoms with Crippen LogP contribution in [0.4, 0.5) is 0 Å². The number of Topliss-reactive ketones (excluding diaryl/α,β-unsaturated/α-hetero) is 1. The Kier molecular flexibility index (Phi) is 12.2. The maximum absolute atomic E-state index is 13.2. The van der Waals surface area contributed by atoms with Crippen molar-refractivity contribution in [3.05, 3.63) is 59.7 Å². The van der Waals surface area contributed by atoms with Crippen LogP contribution in [0.25, 0.3) is 0 Å². The average Bonchev–Trinajstić information content (AvgIpc) is 2.91. The van der Waals surface area contributed by atoms with Crippen molar-refractivity contribution >= 4 is 29.5 Å². The number of hydrogen-bond donors (Lipinski definition) is 7. The fourth-order valence-corrected chi connectivity index (χ4v) is 3.62. The zero-order valence-corrected chi connectivity index (χ0v) is 22.2. The number of nitrogens with two attached hydrogens (primary N) is 4. The first kappa shape index (κ1) is 31.9. The Bertz CT molecular complexity index is 1180. The van der Waals surface area contributed by atoms with Crippen LogP contribution in [-0.2, 0) is 25.6 Å². The molecule has 0 radical (unpaired) electrons. The zero-order chi connectivity index (χ0) is 29.8. The predicted octanol–water partition coefficient (Wildman–Crippen LogP) is -1.02. The second-order valence-corrected chi connectivity index (χ2v) is 9.30. The largest absolute Gasteiger partial charge is 0.508 e. The SMILES string of the molecule is C[C@H](N)C(=O)N[C@@H](CC(N)=O)C(=O)Oc1ccc(C(=O)[C@@H](CCCN)NC(=O)[C@@H](N)Cc2ccc(O)cc2)cc1. The normalized spacial score (nSPS) is 13.8. The molecule has 3 amide bonds. The second kappa shape index (κ2) is 15.3. The highest BCUT2D eigenvalue weighted by Gasteiger charge is 2.27. The van der Waals surface area contributed by atoms with Gasteiger partial charge in [0.05, 0.1) is 24.5 Å². The number of benzene rings is 2. The zero-order valence-electron chi connectivity index (χ0n) is 22.2. The standard InChI is InChI=1S/C27H36N6O7/c1-15(29)25(37)33-22(14-23(31)35)27(39)40-19-10-6-17(7-11-19)24(36)21(3-2-12-28)32-26(38)20(30)13-16-4-8-18(34)9-5-16/h4-11,15,20-22,34H,2-3,12-14,28-30H2,1H3,(H2,31,35)(H,32,38)(H,33,37)/t15-,20-,21+,22-/m0/s1. The molecule has 0 aromatic heterocycles. The number of ether oxygens (including phenoxy) is 1.